The van der Waals surface area contributed by atoms with Crippen LogP contribution in [0, 0.1) is 12.8 Å². The smallest absolute Gasteiger partial charge is 0.228 e. The predicted octanol–water partition coefficient (Wildman–Crippen LogP) is 2.65. The normalized spacial score (nSPS) is 19.9. The van der Waals surface area contributed by atoms with Crippen molar-refractivity contribution in [2.75, 3.05) is 24.2 Å². The Labute approximate surface area is 136 Å². The molecule has 0 saturated carbocycles. The second kappa shape index (κ2) is 6.98. The molecule has 0 radical (unpaired) electrons. The average Bonchev–Trinajstić information content (AvgIpc) is 2.50. The van der Waals surface area contributed by atoms with Crippen LogP contribution in [0.1, 0.15) is 25.3 Å². The minimum absolute atomic E-state index is 0.0671. The van der Waals surface area contributed by atoms with E-state index in [4.69, 9.17) is 11.6 Å². The predicted molar refractivity (Wildman–Crippen MR) is 88.6 cm³/mol. The van der Waals surface area contributed by atoms with Crippen LogP contribution in [-0.4, -0.2) is 37.5 Å². The van der Waals surface area contributed by atoms with Gasteiger partial charge in [-0.2, -0.15) is 0 Å². The van der Waals surface area contributed by atoms with Gasteiger partial charge in [-0.15, -0.1) is 0 Å². The maximum Gasteiger partial charge on any atom is 0.228 e. The minimum Gasteiger partial charge on any atom is -0.326 e. The van der Waals surface area contributed by atoms with Gasteiger partial charge in [-0.3, -0.25) is 4.79 Å². The number of halogens is 1. The maximum atomic E-state index is 12.4. The molecule has 7 heteroatoms. The highest BCUT2D eigenvalue weighted by Crippen LogP contribution is 2.24. The van der Waals surface area contributed by atoms with Crippen molar-refractivity contribution in [1.82, 2.24) is 4.31 Å². The molecule has 1 amide bonds. The fourth-order valence-electron chi connectivity index (χ4n) is 2.59. The van der Waals surface area contributed by atoms with Gasteiger partial charge in [0.25, 0.3) is 0 Å². The second-order valence-electron chi connectivity index (χ2n) is 5.55. The standard InChI is InChI=1S/C15H21ClN2O3S/c1-3-22(20,21)18-8-4-5-12(10-18)15(19)17-14-7-6-13(16)9-11(14)2/h6-7,9,12H,3-5,8,10H2,1-2H3,(H,17,19)/t12-/m1/s1. The summed E-state index contributed by atoms with van der Waals surface area (Å²) in [7, 11) is -3.24. The number of nitrogens with one attached hydrogen (secondary N) is 1. The van der Waals surface area contributed by atoms with E-state index in [1.807, 2.05) is 6.92 Å². The summed E-state index contributed by atoms with van der Waals surface area (Å²) in [6.07, 6.45) is 1.41. The van der Waals surface area contributed by atoms with E-state index in [0.29, 0.717) is 30.1 Å². The van der Waals surface area contributed by atoms with Gasteiger partial charge in [0.05, 0.1) is 11.7 Å². The van der Waals surface area contributed by atoms with Crippen LogP contribution in [0.5, 0.6) is 0 Å². The number of sulfonamides is 1. The summed E-state index contributed by atoms with van der Waals surface area (Å²) in [5.74, 6) is -0.385. The number of hydrogen-bond acceptors (Lipinski definition) is 3. The number of benzene rings is 1. The van der Waals surface area contributed by atoms with Gasteiger partial charge in [0, 0.05) is 23.8 Å². The molecule has 1 aliphatic rings. The van der Waals surface area contributed by atoms with Crippen LogP contribution in [0.2, 0.25) is 5.02 Å². The van der Waals surface area contributed by atoms with Crippen molar-refractivity contribution < 1.29 is 13.2 Å². The molecule has 0 unspecified atom stereocenters. The topological polar surface area (TPSA) is 66.5 Å². The number of carbonyl (C=O) groups is 1. The van der Waals surface area contributed by atoms with E-state index in [1.165, 1.54) is 4.31 Å². The Balaban J connectivity index is 2.06. The molecule has 1 fully saturated rings. The Bertz CT molecular complexity index is 661. The molecule has 0 aliphatic carbocycles. The molecule has 2 rings (SSSR count). The Morgan fingerprint density at radius 3 is 2.82 bits per heavy atom. The number of anilines is 1. The number of aryl methyl sites for hydroxylation is 1. The Morgan fingerprint density at radius 1 is 1.45 bits per heavy atom. The zero-order valence-corrected chi connectivity index (χ0v) is 14.4. The number of nitrogens with zero attached hydrogens (tertiary/aromatic N) is 1. The summed E-state index contributed by atoms with van der Waals surface area (Å²) in [6, 6.07) is 5.27. The molecule has 0 bridgehead atoms. The van der Waals surface area contributed by atoms with Crippen molar-refractivity contribution in [2.45, 2.75) is 26.7 Å². The SMILES string of the molecule is CCS(=O)(=O)N1CCC[C@@H](C(=O)Nc2ccc(Cl)cc2C)C1. The molecule has 1 atom stereocenters. The highest BCUT2D eigenvalue weighted by atomic mass is 35.5. The summed E-state index contributed by atoms with van der Waals surface area (Å²) in [6.45, 7) is 4.25. The number of hydrogen-bond donors (Lipinski definition) is 1. The van der Waals surface area contributed by atoms with Crippen LogP contribution in [0.4, 0.5) is 5.69 Å². The van der Waals surface area contributed by atoms with Crippen molar-refractivity contribution in [3.63, 3.8) is 0 Å². The van der Waals surface area contributed by atoms with Crippen LogP contribution in [0.15, 0.2) is 18.2 Å². The van der Waals surface area contributed by atoms with Crippen LogP contribution < -0.4 is 5.32 Å². The van der Waals surface area contributed by atoms with Crippen molar-refractivity contribution >= 4 is 33.2 Å². The first kappa shape index (κ1) is 17.2. The summed E-state index contributed by atoms with van der Waals surface area (Å²) >= 11 is 5.90. The number of amides is 1. The molecule has 1 heterocycles. The van der Waals surface area contributed by atoms with Gasteiger partial charge in [-0.05, 0) is 50.5 Å². The summed E-state index contributed by atoms with van der Waals surface area (Å²) in [5, 5.41) is 3.50. The van der Waals surface area contributed by atoms with E-state index >= 15 is 0 Å². The van der Waals surface area contributed by atoms with Gasteiger partial charge in [-0.25, -0.2) is 12.7 Å². The molecule has 1 N–H and O–H groups in total. The average molecular weight is 345 g/mol. The molecule has 0 spiro atoms. The van der Waals surface area contributed by atoms with Crippen LogP contribution in [0.3, 0.4) is 0 Å². The molecular formula is C15H21ClN2O3S. The molecule has 22 heavy (non-hydrogen) atoms. The highest BCUT2D eigenvalue weighted by molar-refractivity contribution is 7.89. The molecular weight excluding hydrogens is 324 g/mol. The van der Waals surface area contributed by atoms with E-state index in [-0.39, 0.29) is 24.1 Å². The molecule has 1 aromatic rings. The molecule has 1 aromatic carbocycles. The zero-order chi connectivity index (χ0) is 16.3. The molecule has 1 saturated heterocycles. The van der Waals surface area contributed by atoms with E-state index in [2.05, 4.69) is 5.32 Å². The third-order valence-corrected chi connectivity index (χ3v) is 6.04. The van der Waals surface area contributed by atoms with Gasteiger partial charge in [0.15, 0.2) is 0 Å². The van der Waals surface area contributed by atoms with Crippen LogP contribution in [0.25, 0.3) is 0 Å². The first-order chi connectivity index (χ1) is 10.3. The molecule has 1 aliphatic heterocycles. The lowest BCUT2D eigenvalue weighted by atomic mass is 9.98. The Morgan fingerprint density at radius 2 is 2.18 bits per heavy atom. The Kier molecular flexibility index (Phi) is 5.47. The third kappa shape index (κ3) is 4.00. The van der Waals surface area contributed by atoms with Crippen molar-refractivity contribution in [3.8, 4) is 0 Å². The fraction of sp³-hybridized carbons (Fsp3) is 0.533. The number of rotatable bonds is 4. The van der Waals surface area contributed by atoms with Gasteiger partial charge in [0.2, 0.25) is 15.9 Å². The van der Waals surface area contributed by atoms with Crippen molar-refractivity contribution in [1.29, 1.82) is 0 Å². The van der Waals surface area contributed by atoms with E-state index < -0.39 is 10.0 Å². The van der Waals surface area contributed by atoms with Gasteiger partial charge < -0.3 is 5.32 Å². The van der Waals surface area contributed by atoms with E-state index in [1.54, 1.807) is 25.1 Å². The highest BCUT2D eigenvalue weighted by Gasteiger charge is 2.31. The number of piperidine rings is 1. The van der Waals surface area contributed by atoms with Crippen LogP contribution >= 0.6 is 11.6 Å². The molecule has 0 aromatic heterocycles. The van der Waals surface area contributed by atoms with Gasteiger partial charge in [0.1, 0.15) is 0 Å². The van der Waals surface area contributed by atoms with E-state index in [9.17, 15) is 13.2 Å². The molecule has 5 nitrogen and oxygen atoms in total. The lowest BCUT2D eigenvalue weighted by Crippen LogP contribution is -2.44. The van der Waals surface area contributed by atoms with E-state index in [0.717, 1.165) is 5.56 Å². The first-order valence-electron chi connectivity index (χ1n) is 7.38. The summed E-state index contributed by atoms with van der Waals surface area (Å²) < 4.78 is 25.3. The van der Waals surface area contributed by atoms with Crippen molar-refractivity contribution in [2.24, 2.45) is 5.92 Å². The van der Waals surface area contributed by atoms with Crippen molar-refractivity contribution in [3.05, 3.63) is 28.8 Å². The first-order valence-corrected chi connectivity index (χ1v) is 9.37. The molecule has 122 valence electrons. The van der Waals surface area contributed by atoms with Gasteiger partial charge >= 0.3 is 0 Å². The second-order valence-corrected chi connectivity index (χ2v) is 8.24. The summed E-state index contributed by atoms with van der Waals surface area (Å²) in [5.41, 5.74) is 1.60. The van der Waals surface area contributed by atoms with Gasteiger partial charge in [-0.1, -0.05) is 11.6 Å². The zero-order valence-electron chi connectivity index (χ0n) is 12.8. The Hall–Kier alpha value is -1.11. The monoisotopic (exact) mass is 344 g/mol. The quantitative estimate of drug-likeness (QED) is 0.913. The lowest BCUT2D eigenvalue weighted by molar-refractivity contribution is -0.120. The summed E-state index contributed by atoms with van der Waals surface area (Å²) in [4.78, 5) is 12.4. The number of carbonyl (C=O) groups excluding carboxylic acids is 1. The third-order valence-electron chi connectivity index (χ3n) is 3.96. The van der Waals surface area contributed by atoms with Crippen LogP contribution in [-0.2, 0) is 14.8 Å². The minimum atomic E-state index is -3.24. The largest absolute Gasteiger partial charge is 0.326 e. The fourth-order valence-corrected chi connectivity index (χ4v) is 4.00. The maximum absolute atomic E-state index is 12.4. The lowest BCUT2D eigenvalue weighted by Gasteiger charge is -2.31.